The summed E-state index contributed by atoms with van der Waals surface area (Å²) in [5.41, 5.74) is 1.50. The summed E-state index contributed by atoms with van der Waals surface area (Å²) in [6.45, 7) is 3.01. The standard InChI is InChI=1S/C34H37N7O10S/c1-19(2)29(33(49)39-24(12-14-43)30(46)36-21-10-11-22-26(15-21)52-27(17-35)37-22)41-31(47)23(9-6-13-42)38-32(48)25(16-28(44)45)40-34(50)51-18-20-7-4-3-5-8-20/h3-5,7-8,10-11,13-15,19,23-25,29H,6,9,12,16,18H2,1-2H3,(H,36,46)(H,38,48)(H,39,49)(H,40,50)(H,41,47)(H,44,45). The number of carboxylic acids is 1. The quantitative estimate of drug-likeness (QED) is 0.0959. The normalized spacial score (nSPS) is 13.0. The molecular weight excluding hydrogens is 698 g/mol. The van der Waals surface area contributed by atoms with Crippen molar-refractivity contribution in [2.75, 3.05) is 5.32 Å². The molecule has 4 unspecified atom stereocenters. The zero-order valence-electron chi connectivity index (χ0n) is 28.1. The number of ether oxygens (including phenoxy) is 1. The lowest BCUT2D eigenvalue weighted by molar-refractivity contribution is -0.140. The number of aliphatic carboxylic acids is 1. The maximum Gasteiger partial charge on any atom is 0.408 e. The number of carbonyl (C=O) groups excluding carboxylic acids is 7. The lowest BCUT2D eigenvalue weighted by Crippen LogP contribution is -2.59. The first kappa shape index (κ1) is 40.2. The largest absolute Gasteiger partial charge is 0.481 e. The topological polar surface area (TPSA) is 263 Å². The number of alkyl carbamates (subject to hydrolysis) is 1. The Labute approximate surface area is 301 Å². The molecule has 0 saturated heterocycles. The van der Waals surface area contributed by atoms with Crippen molar-refractivity contribution in [2.24, 2.45) is 5.92 Å². The van der Waals surface area contributed by atoms with Gasteiger partial charge in [0.2, 0.25) is 23.6 Å². The van der Waals surface area contributed by atoms with Crippen LogP contribution in [0.4, 0.5) is 10.5 Å². The van der Waals surface area contributed by atoms with Gasteiger partial charge < -0.3 is 46.0 Å². The second-order valence-corrected chi connectivity index (χ2v) is 12.7. The van der Waals surface area contributed by atoms with Crippen molar-refractivity contribution in [1.29, 1.82) is 5.26 Å². The van der Waals surface area contributed by atoms with Gasteiger partial charge in [-0.1, -0.05) is 44.2 Å². The van der Waals surface area contributed by atoms with Crippen LogP contribution in [0.3, 0.4) is 0 Å². The number of thiazole rings is 1. The van der Waals surface area contributed by atoms with Gasteiger partial charge in [0, 0.05) is 18.5 Å². The van der Waals surface area contributed by atoms with Gasteiger partial charge in [0.1, 0.15) is 49.4 Å². The minimum absolute atomic E-state index is 0.167. The molecule has 18 heteroatoms. The van der Waals surface area contributed by atoms with Gasteiger partial charge >= 0.3 is 12.1 Å². The van der Waals surface area contributed by atoms with E-state index in [4.69, 9.17) is 10.00 Å². The Hall–Kier alpha value is -6.22. The number of nitrogens with one attached hydrogen (secondary N) is 5. The van der Waals surface area contributed by atoms with Crippen LogP contribution in [0.1, 0.15) is 50.1 Å². The molecule has 1 heterocycles. The number of aromatic nitrogens is 1. The minimum atomic E-state index is -1.68. The van der Waals surface area contributed by atoms with Crippen molar-refractivity contribution < 1.29 is 48.2 Å². The van der Waals surface area contributed by atoms with Crippen molar-refractivity contribution in [3.63, 3.8) is 0 Å². The highest BCUT2D eigenvalue weighted by Gasteiger charge is 2.33. The number of fused-ring (bicyclic) bond motifs is 1. The van der Waals surface area contributed by atoms with E-state index in [0.29, 0.717) is 34.0 Å². The minimum Gasteiger partial charge on any atom is -0.481 e. The van der Waals surface area contributed by atoms with E-state index < -0.39 is 78.6 Å². The maximum absolute atomic E-state index is 13.4. The van der Waals surface area contributed by atoms with Crippen molar-refractivity contribution in [2.45, 2.75) is 70.3 Å². The number of hydrogen-bond donors (Lipinski definition) is 6. The second-order valence-electron chi connectivity index (χ2n) is 11.7. The molecule has 0 bridgehead atoms. The predicted molar refractivity (Wildman–Crippen MR) is 185 cm³/mol. The molecule has 5 amide bonds. The van der Waals surface area contributed by atoms with Crippen molar-refractivity contribution in [1.82, 2.24) is 26.3 Å². The molecule has 1 aromatic heterocycles. The monoisotopic (exact) mass is 735 g/mol. The summed E-state index contributed by atoms with van der Waals surface area (Å²) in [5.74, 6) is -5.60. The number of benzene rings is 2. The van der Waals surface area contributed by atoms with Crippen molar-refractivity contribution in [3.05, 3.63) is 59.1 Å². The number of nitriles is 1. The van der Waals surface area contributed by atoms with E-state index in [2.05, 4.69) is 31.6 Å². The van der Waals surface area contributed by atoms with Gasteiger partial charge in [-0.25, -0.2) is 9.78 Å². The first-order valence-corrected chi connectivity index (χ1v) is 16.8. The van der Waals surface area contributed by atoms with Crippen LogP contribution in [-0.4, -0.2) is 82.5 Å². The van der Waals surface area contributed by atoms with Crippen LogP contribution < -0.4 is 26.6 Å². The Morgan fingerprint density at radius 2 is 1.58 bits per heavy atom. The van der Waals surface area contributed by atoms with E-state index in [-0.39, 0.29) is 24.5 Å². The third-order valence-electron chi connectivity index (χ3n) is 7.37. The fourth-order valence-corrected chi connectivity index (χ4v) is 5.53. The van der Waals surface area contributed by atoms with E-state index in [1.54, 1.807) is 56.3 Å². The number of carboxylic acid groups (broad SMARTS) is 1. The lowest BCUT2D eigenvalue weighted by Gasteiger charge is -2.27. The van der Waals surface area contributed by atoms with Gasteiger partial charge in [-0.2, -0.15) is 5.26 Å². The summed E-state index contributed by atoms with van der Waals surface area (Å²) in [7, 11) is 0. The van der Waals surface area contributed by atoms with Crippen LogP contribution >= 0.6 is 11.3 Å². The highest BCUT2D eigenvalue weighted by Crippen LogP contribution is 2.25. The molecule has 0 aliphatic rings. The van der Waals surface area contributed by atoms with Crippen molar-refractivity contribution in [3.8, 4) is 6.07 Å². The Morgan fingerprint density at radius 1 is 0.885 bits per heavy atom. The van der Waals surface area contributed by atoms with E-state index in [9.17, 15) is 43.5 Å². The number of rotatable bonds is 19. The van der Waals surface area contributed by atoms with E-state index in [0.717, 1.165) is 11.3 Å². The summed E-state index contributed by atoms with van der Waals surface area (Å²) in [4.78, 5) is 104. The fraction of sp³-hybridized carbons (Fsp3) is 0.353. The SMILES string of the molecule is CC(C)C(NC(=O)C(CCC=O)NC(=O)C(CC(=O)O)NC(=O)OCc1ccccc1)C(=O)NC(CC=O)C(=O)Nc1ccc2nc(C#N)sc2c1. The summed E-state index contributed by atoms with van der Waals surface area (Å²) in [6.07, 6.45) is -1.91. The zero-order chi connectivity index (χ0) is 38.2. The van der Waals surface area contributed by atoms with Crippen molar-refractivity contribution >= 4 is 75.5 Å². The average molecular weight is 736 g/mol. The molecular formula is C34H37N7O10S. The van der Waals surface area contributed by atoms with E-state index in [1.807, 2.05) is 6.07 Å². The summed E-state index contributed by atoms with van der Waals surface area (Å²) in [6, 6.07) is 9.44. The Kier molecular flexibility index (Phi) is 15.3. The summed E-state index contributed by atoms with van der Waals surface area (Å²) in [5, 5.41) is 30.8. The molecule has 3 rings (SSSR count). The van der Waals surface area contributed by atoms with Crippen LogP contribution in [0.2, 0.25) is 0 Å². The Balaban J connectivity index is 1.69. The highest BCUT2D eigenvalue weighted by molar-refractivity contribution is 7.19. The van der Waals surface area contributed by atoms with Gasteiger partial charge in [0.15, 0.2) is 5.01 Å². The molecule has 2 aromatic carbocycles. The average Bonchev–Trinajstić information content (AvgIpc) is 3.53. The van der Waals surface area contributed by atoms with Crippen LogP contribution in [0, 0.1) is 17.2 Å². The number of aldehydes is 2. The molecule has 4 atom stereocenters. The van der Waals surface area contributed by atoms with Crippen LogP contribution in [0.15, 0.2) is 48.5 Å². The molecule has 3 aromatic rings. The number of amides is 5. The number of anilines is 1. The van der Waals surface area contributed by atoms with Gasteiger partial charge in [-0.05, 0) is 36.1 Å². The third kappa shape index (κ3) is 12.3. The van der Waals surface area contributed by atoms with Crippen LogP contribution in [0.25, 0.3) is 10.2 Å². The number of carbonyl (C=O) groups is 8. The second kappa shape index (κ2) is 19.8. The van der Waals surface area contributed by atoms with Crippen LogP contribution in [0.5, 0.6) is 0 Å². The molecule has 0 fully saturated rings. The lowest BCUT2D eigenvalue weighted by atomic mass is 10.0. The van der Waals surface area contributed by atoms with Gasteiger partial charge in [-0.15, -0.1) is 11.3 Å². The molecule has 0 spiro atoms. The maximum atomic E-state index is 13.4. The smallest absolute Gasteiger partial charge is 0.408 e. The van der Waals surface area contributed by atoms with Crippen LogP contribution in [-0.2, 0) is 44.9 Å². The predicted octanol–water partition coefficient (Wildman–Crippen LogP) is 1.55. The van der Waals surface area contributed by atoms with Gasteiger partial charge in [0.25, 0.3) is 0 Å². The number of nitrogens with zero attached hydrogens (tertiary/aromatic N) is 2. The third-order valence-corrected chi connectivity index (χ3v) is 8.29. The summed E-state index contributed by atoms with van der Waals surface area (Å²) >= 11 is 1.11. The molecule has 0 aliphatic heterocycles. The summed E-state index contributed by atoms with van der Waals surface area (Å²) < 4.78 is 5.70. The molecule has 0 aliphatic carbocycles. The van der Waals surface area contributed by atoms with E-state index >= 15 is 0 Å². The van der Waals surface area contributed by atoms with E-state index in [1.165, 1.54) is 6.07 Å². The zero-order valence-corrected chi connectivity index (χ0v) is 28.9. The molecule has 6 N–H and O–H groups in total. The fourth-order valence-electron chi connectivity index (χ4n) is 4.72. The van der Waals surface area contributed by atoms with Gasteiger partial charge in [-0.3, -0.25) is 24.0 Å². The van der Waals surface area contributed by atoms with Gasteiger partial charge in [0.05, 0.1) is 16.6 Å². The Morgan fingerprint density at radius 3 is 2.21 bits per heavy atom. The molecule has 274 valence electrons. The first-order valence-electron chi connectivity index (χ1n) is 15.9. The molecule has 52 heavy (non-hydrogen) atoms. The number of hydrogen-bond acceptors (Lipinski definition) is 12. The molecule has 0 radical (unpaired) electrons. The Bertz CT molecular complexity index is 1830. The highest BCUT2D eigenvalue weighted by atomic mass is 32.1. The first-order chi connectivity index (χ1) is 24.8. The molecule has 0 saturated carbocycles. The molecule has 17 nitrogen and oxygen atoms in total.